The molecule has 4 heteroatoms. The van der Waals surface area contributed by atoms with Gasteiger partial charge >= 0.3 is 0 Å². The SMILES string of the molecule is CC[C@@]12CCC(=O)C[C@@H]1CCCc1cc3c(cnn3C(C)=O)cc12. The largest absolute Gasteiger partial charge is 0.300 e. The molecule has 1 fully saturated rings. The molecule has 2 aliphatic carbocycles. The highest BCUT2D eigenvalue weighted by molar-refractivity contribution is 5.91. The smallest absolute Gasteiger partial charge is 0.244 e. The Kier molecular flexibility index (Phi) is 3.59. The van der Waals surface area contributed by atoms with Gasteiger partial charge in [-0.1, -0.05) is 6.92 Å². The van der Waals surface area contributed by atoms with Crippen LogP contribution >= 0.6 is 0 Å². The number of carbonyl (C=O) groups excluding carboxylic acids is 2. The summed E-state index contributed by atoms with van der Waals surface area (Å²) in [5.74, 6) is 0.841. The van der Waals surface area contributed by atoms with Gasteiger partial charge in [-0.2, -0.15) is 5.10 Å². The van der Waals surface area contributed by atoms with Gasteiger partial charge in [0.25, 0.3) is 0 Å². The number of nitrogens with zero attached hydrogens (tertiary/aromatic N) is 2. The van der Waals surface area contributed by atoms with Crippen LogP contribution < -0.4 is 0 Å². The third-order valence-electron chi connectivity index (χ3n) is 6.36. The van der Waals surface area contributed by atoms with E-state index in [1.54, 1.807) is 13.1 Å². The number of aromatic nitrogens is 2. The molecule has 0 radical (unpaired) electrons. The standard InChI is InChI=1S/C20H24N2O2/c1-3-20-8-7-17(24)11-16(20)6-4-5-14-10-19-15(9-18(14)20)12-21-22(19)13(2)23/h9-10,12,16H,3-8,11H2,1-2H3/t16-,20+/m0/s1. The van der Waals surface area contributed by atoms with Gasteiger partial charge in [0.1, 0.15) is 5.78 Å². The predicted octanol–water partition coefficient (Wildman–Crippen LogP) is 4.05. The minimum atomic E-state index is -0.0510. The van der Waals surface area contributed by atoms with Gasteiger partial charge in [-0.15, -0.1) is 0 Å². The third kappa shape index (κ3) is 2.15. The normalized spacial score (nSPS) is 26.8. The van der Waals surface area contributed by atoms with E-state index < -0.39 is 0 Å². The van der Waals surface area contributed by atoms with E-state index in [1.807, 2.05) is 0 Å². The summed E-state index contributed by atoms with van der Waals surface area (Å²) in [5, 5.41) is 5.30. The van der Waals surface area contributed by atoms with E-state index in [0.717, 1.165) is 49.4 Å². The molecule has 2 aliphatic rings. The first-order valence-corrected chi connectivity index (χ1v) is 9.09. The minimum Gasteiger partial charge on any atom is -0.300 e. The van der Waals surface area contributed by atoms with Crippen LogP contribution in [0.4, 0.5) is 0 Å². The zero-order valence-corrected chi connectivity index (χ0v) is 14.5. The number of ketones is 1. The molecular weight excluding hydrogens is 300 g/mol. The van der Waals surface area contributed by atoms with E-state index in [0.29, 0.717) is 18.1 Å². The summed E-state index contributed by atoms with van der Waals surface area (Å²) in [4.78, 5) is 23.8. The molecule has 0 N–H and O–H groups in total. The number of hydrogen-bond acceptors (Lipinski definition) is 3. The maximum absolute atomic E-state index is 12.0. The van der Waals surface area contributed by atoms with Crippen molar-refractivity contribution in [3.05, 3.63) is 29.5 Å². The van der Waals surface area contributed by atoms with Crippen molar-refractivity contribution in [3.8, 4) is 0 Å². The summed E-state index contributed by atoms with van der Waals surface area (Å²) < 4.78 is 1.50. The van der Waals surface area contributed by atoms with E-state index in [-0.39, 0.29) is 11.3 Å². The molecule has 0 aliphatic heterocycles. The molecular formula is C20H24N2O2. The van der Waals surface area contributed by atoms with E-state index in [1.165, 1.54) is 15.8 Å². The van der Waals surface area contributed by atoms with Gasteiger partial charge in [-0.3, -0.25) is 9.59 Å². The van der Waals surface area contributed by atoms with Crippen molar-refractivity contribution in [2.75, 3.05) is 0 Å². The van der Waals surface area contributed by atoms with Crippen molar-refractivity contribution < 1.29 is 9.59 Å². The number of carbonyl (C=O) groups is 2. The highest BCUT2D eigenvalue weighted by Gasteiger charge is 2.45. The van der Waals surface area contributed by atoms with Crippen LogP contribution in [0.1, 0.15) is 68.3 Å². The van der Waals surface area contributed by atoms with Crippen LogP contribution in [0.3, 0.4) is 0 Å². The van der Waals surface area contributed by atoms with E-state index >= 15 is 0 Å². The first kappa shape index (κ1) is 15.6. The van der Waals surface area contributed by atoms with Crippen molar-refractivity contribution >= 4 is 22.6 Å². The zero-order chi connectivity index (χ0) is 16.9. The van der Waals surface area contributed by atoms with Crippen molar-refractivity contribution in [1.29, 1.82) is 0 Å². The molecule has 1 heterocycles. The Bertz CT molecular complexity index is 836. The Labute approximate surface area is 142 Å². The quantitative estimate of drug-likeness (QED) is 0.795. The van der Waals surface area contributed by atoms with Crippen molar-refractivity contribution in [2.24, 2.45) is 5.92 Å². The van der Waals surface area contributed by atoms with Gasteiger partial charge in [-0.05, 0) is 66.7 Å². The lowest BCUT2D eigenvalue weighted by atomic mass is 9.60. The van der Waals surface area contributed by atoms with Crippen molar-refractivity contribution in [3.63, 3.8) is 0 Å². The first-order chi connectivity index (χ1) is 11.5. The number of hydrogen-bond donors (Lipinski definition) is 0. The fourth-order valence-corrected chi connectivity index (χ4v) is 5.11. The lowest BCUT2D eigenvalue weighted by Gasteiger charge is -2.43. The number of fused-ring (bicyclic) bond motifs is 4. The van der Waals surface area contributed by atoms with E-state index in [2.05, 4.69) is 24.2 Å². The molecule has 0 unspecified atom stereocenters. The molecule has 0 spiro atoms. The number of rotatable bonds is 1. The Morgan fingerprint density at radius 3 is 2.96 bits per heavy atom. The van der Waals surface area contributed by atoms with Crippen LogP contribution in [-0.2, 0) is 16.6 Å². The highest BCUT2D eigenvalue weighted by atomic mass is 16.2. The maximum atomic E-state index is 12.0. The molecule has 4 rings (SSSR count). The van der Waals surface area contributed by atoms with Crippen molar-refractivity contribution in [2.45, 2.75) is 64.2 Å². The van der Waals surface area contributed by atoms with Gasteiger partial charge in [0.05, 0.1) is 11.7 Å². The zero-order valence-electron chi connectivity index (χ0n) is 14.5. The summed E-state index contributed by atoms with van der Waals surface area (Å²) in [6.07, 6.45) is 8.55. The number of Topliss-reactive ketones (excluding diaryl/α,β-unsaturated/α-hetero) is 1. The molecule has 0 bridgehead atoms. The van der Waals surface area contributed by atoms with Crippen LogP contribution in [0, 0.1) is 5.92 Å². The van der Waals surface area contributed by atoms with Gasteiger partial charge < -0.3 is 0 Å². The molecule has 4 nitrogen and oxygen atoms in total. The topological polar surface area (TPSA) is 52.0 Å². The van der Waals surface area contributed by atoms with E-state index in [9.17, 15) is 9.59 Å². The lowest BCUT2D eigenvalue weighted by Crippen LogP contribution is -2.40. The molecule has 2 atom stereocenters. The molecule has 0 amide bonds. The second kappa shape index (κ2) is 5.54. The molecule has 126 valence electrons. The van der Waals surface area contributed by atoms with E-state index in [4.69, 9.17) is 0 Å². The Morgan fingerprint density at radius 2 is 2.21 bits per heavy atom. The van der Waals surface area contributed by atoms with Crippen LogP contribution in [0.25, 0.3) is 10.9 Å². The first-order valence-electron chi connectivity index (χ1n) is 9.09. The average molecular weight is 324 g/mol. The van der Waals surface area contributed by atoms with Crippen molar-refractivity contribution in [1.82, 2.24) is 9.78 Å². The summed E-state index contributed by atoms with van der Waals surface area (Å²) in [6.45, 7) is 3.81. The molecule has 2 aromatic rings. The Morgan fingerprint density at radius 1 is 1.38 bits per heavy atom. The maximum Gasteiger partial charge on any atom is 0.244 e. The van der Waals surface area contributed by atoms with Gasteiger partial charge in [0.2, 0.25) is 5.91 Å². The fraction of sp³-hybridized carbons (Fsp3) is 0.550. The highest BCUT2D eigenvalue weighted by Crippen LogP contribution is 2.51. The lowest BCUT2D eigenvalue weighted by molar-refractivity contribution is -0.123. The predicted molar refractivity (Wildman–Crippen MR) is 93.3 cm³/mol. The summed E-state index contributed by atoms with van der Waals surface area (Å²) in [5.41, 5.74) is 3.80. The van der Waals surface area contributed by atoms with Gasteiger partial charge in [0.15, 0.2) is 0 Å². The summed E-state index contributed by atoms with van der Waals surface area (Å²) in [7, 11) is 0. The number of aryl methyl sites for hydroxylation is 1. The van der Waals surface area contributed by atoms with Crippen LogP contribution in [0.5, 0.6) is 0 Å². The molecule has 1 aromatic heterocycles. The number of benzene rings is 1. The van der Waals surface area contributed by atoms with Crippen LogP contribution in [0.2, 0.25) is 0 Å². The Hall–Kier alpha value is -1.97. The van der Waals surface area contributed by atoms with Gasteiger partial charge in [-0.25, -0.2) is 4.68 Å². The van der Waals surface area contributed by atoms with Gasteiger partial charge in [0, 0.05) is 25.2 Å². The summed E-state index contributed by atoms with van der Waals surface area (Å²) in [6, 6.07) is 4.43. The monoisotopic (exact) mass is 324 g/mol. The molecule has 24 heavy (non-hydrogen) atoms. The second-order valence-corrected chi connectivity index (χ2v) is 7.49. The van der Waals surface area contributed by atoms with Crippen LogP contribution in [-0.4, -0.2) is 21.5 Å². The third-order valence-corrected chi connectivity index (χ3v) is 6.36. The summed E-state index contributed by atoms with van der Waals surface area (Å²) >= 11 is 0. The minimum absolute atomic E-state index is 0.0510. The molecule has 0 saturated heterocycles. The average Bonchev–Trinajstić information content (AvgIpc) is 2.91. The molecule has 1 saturated carbocycles. The molecule has 1 aromatic carbocycles. The Balaban J connectivity index is 1.93. The second-order valence-electron chi connectivity index (χ2n) is 7.49. The fourth-order valence-electron chi connectivity index (χ4n) is 5.11. The van der Waals surface area contributed by atoms with Crippen LogP contribution in [0.15, 0.2) is 18.3 Å².